The summed E-state index contributed by atoms with van der Waals surface area (Å²) in [6.07, 6.45) is -5.37. The number of hydrogen-bond acceptors (Lipinski definition) is 6. The molecular formula is C22H19F3N2O2S2. The van der Waals surface area contributed by atoms with Crippen LogP contribution in [-0.4, -0.2) is 30.7 Å². The van der Waals surface area contributed by atoms with Gasteiger partial charge in [-0.3, -0.25) is 4.72 Å². The first-order valence-electron chi connectivity index (χ1n) is 9.46. The fourth-order valence-electron chi connectivity index (χ4n) is 3.18. The van der Waals surface area contributed by atoms with Crippen molar-refractivity contribution in [1.29, 1.82) is 0 Å². The number of aliphatic hydroxyl groups is 1. The minimum Gasteiger partial charge on any atom is -0.406 e. The van der Waals surface area contributed by atoms with Crippen LogP contribution in [0.1, 0.15) is 0 Å². The van der Waals surface area contributed by atoms with Crippen LogP contribution in [0.2, 0.25) is 0 Å². The Kier molecular flexibility index (Phi) is 6.66. The third kappa shape index (κ3) is 5.68. The lowest BCUT2D eigenvalue weighted by atomic mass is 10.2. The number of alkyl halides is 3. The van der Waals surface area contributed by atoms with Gasteiger partial charge in [0.2, 0.25) is 0 Å². The molecule has 3 aromatic rings. The molecule has 3 aromatic carbocycles. The molecule has 4 nitrogen and oxygen atoms in total. The molecule has 1 aliphatic rings. The molecule has 162 valence electrons. The van der Waals surface area contributed by atoms with Crippen LogP contribution >= 0.6 is 23.7 Å². The maximum Gasteiger partial charge on any atom is 0.573 e. The first-order valence-corrected chi connectivity index (χ1v) is 11.1. The standard InChI is InChI=1S/C22H19F3N2O2S2/c23-22(24,25)29-16-9-11-17(12-10-16)31-26-13-15(28)14-27-18-5-1-3-7-20(18)30-21-8-4-2-6-19(21)27/h1-12,15,26,28H,13-14H2. The van der Waals surface area contributed by atoms with Gasteiger partial charge in [0.25, 0.3) is 0 Å². The van der Waals surface area contributed by atoms with Crippen molar-refractivity contribution in [2.24, 2.45) is 0 Å². The molecule has 0 saturated carbocycles. The van der Waals surface area contributed by atoms with Gasteiger partial charge in [0, 0.05) is 21.2 Å². The minimum absolute atomic E-state index is 0.266. The van der Waals surface area contributed by atoms with Gasteiger partial charge in [-0.1, -0.05) is 36.0 Å². The van der Waals surface area contributed by atoms with Crippen molar-refractivity contribution in [3.8, 4) is 5.75 Å². The van der Waals surface area contributed by atoms with E-state index in [1.807, 2.05) is 36.4 Å². The summed E-state index contributed by atoms with van der Waals surface area (Å²) in [7, 11) is 0. The van der Waals surface area contributed by atoms with Gasteiger partial charge >= 0.3 is 6.36 Å². The van der Waals surface area contributed by atoms with Gasteiger partial charge < -0.3 is 14.7 Å². The molecule has 4 rings (SSSR count). The van der Waals surface area contributed by atoms with E-state index < -0.39 is 12.5 Å². The lowest BCUT2D eigenvalue weighted by molar-refractivity contribution is -0.274. The average molecular weight is 465 g/mol. The van der Waals surface area contributed by atoms with Crippen molar-refractivity contribution in [2.75, 3.05) is 18.0 Å². The molecule has 0 aliphatic carbocycles. The SMILES string of the molecule is OC(CNSc1ccc(OC(F)(F)F)cc1)CN1c2ccccc2Sc2ccccc21. The van der Waals surface area contributed by atoms with E-state index in [9.17, 15) is 18.3 Å². The molecule has 0 bridgehead atoms. The van der Waals surface area contributed by atoms with E-state index in [0.717, 1.165) is 21.2 Å². The van der Waals surface area contributed by atoms with Gasteiger partial charge in [-0.05, 0) is 60.5 Å². The number of anilines is 2. The van der Waals surface area contributed by atoms with Crippen LogP contribution in [0.5, 0.6) is 5.75 Å². The van der Waals surface area contributed by atoms with Gasteiger partial charge in [0.15, 0.2) is 0 Å². The summed E-state index contributed by atoms with van der Waals surface area (Å²) in [4.78, 5) is 5.10. The number of halogens is 3. The summed E-state index contributed by atoms with van der Waals surface area (Å²) < 4.78 is 43.7. The summed E-state index contributed by atoms with van der Waals surface area (Å²) >= 11 is 2.95. The zero-order valence-corrected chi connectivity index (χ0v) is 17.8. The largest absolute Gasteiger partial charge is 0.573 e. The Labute approximate surface area is 186 Å². The second kappa shape index (κ2) is 9.44. The first kappa shape index (κ1) is 21.9. The first-order chi connectivity index (χ1) is 14.9. The van der Waals surface area contributed by atoms with Crippen LogP contribution in [0.15, 0.2) is 87.5 Å². The Morgan fingerprint density at radius 2 is 1.52 bits per heavy atom. The van der Waals surface area contributed by atoms with Crippen LogP contribution in [0.3, 0.4) is 0 Å². The third-order valence-electron chi connectivity index (χ3n) is 4.49. The van der Waals surface area contributed by atoms with Crippen LogP contribution in [-0.2, 0) is 0 Å². The van der Waals surface area contributed by atoms with E-state index in [1.54, 1.807) is 11.8 Å². The van der Waals surface area contributed by atoms with Crippen molar-refractivity contribution in [3.05, 3.63) is 72.8 Å². The number of hydrogen-bond donors (Lipinski definition) is 2. The van der Waals surface area contributed by atoms with Gasteiger partial charge in [0.05, 0.1) is 24.0 Å². The van der Waals surface area contributed by atoms with Gasteiger partial charge in [-0.25, -0.2) is 0 Å². The highest BCUT2D eigenvalue weighted by molar-refractivity contribution is 7.99. The fourth-order valence-corrected chi connectivity index (χ4v) is 4.99. The Balaban J connectivity index is 1.35. The van der Waals surface area contributed by atoms with E-state index in [4.69, 9.17) is 0 Å². The fraction of sp³-hybridized carbons (Fsp3) is 0.182. The number of rotatable bonds is 7. The lowest BCUT2D eigenvalue weighted by Crippen LogP contribution is -2.35. The van der Waals surface area contributed by atoms with E-state index >= 15 is 0 Å². The Hall–Kier alpha value is -2.33. The third-order valence-corrected chi connectivity index (χ3v) is 6.44. The van der Waals surface area contributed by atoms with Crippen molar-refractivity contribution in [3.63, 3.8) is 0 Å². The predicted octanol–water partition coefficient (Wildman–Crippen LogP) is 5.85. The second-order valence-corrected chi connectivity index (χ2v) is 8.82. The molecule has 1 unspecified atom stereocenters. The molecule has 0 saturated heterocycles. The minimum atomic E-state index is -4.71. The van der Waals surface area contributed by atoms with Crippen LogP contribution in [0.25, 0.3) is 0 Å². The quantitative estimate of drug-likeness (QED) is 0.428. The van der Waals surface area contributed by atoms with Crippen LogP contribution in [0.4, 0.5) is 24.5 Å². The number of benzene rings is 3. The van der Waals surface area contributed by atoms with Crippen molar-refractivity contribution < 1.29 is 23.0 Å². The van der Waals surface area contributed by atoms with E-state index in [1.165, 1.54) is 36.2 Å². The zero-order valence-electron chi connectivity index (χ0n) is 16.2. The summed E-state index contributed by atoms with van der Waals surface area (Å²) in [5, 5.41) is 10.6. The van der Waals surface area contributed by atoms with E-state index in [0.29, 0.717) is 18.0 Å². The number of para-hydroxylation sites is 2. The van der Waals surface area contributed by atoms with Gasteiger partial charge in [0.1, 0.15) is 5.75 Å². The topological polar surface area (TPSA) is 44.7 Å². The maximum absolute atomic E-state index is 12.2. The summed E-state index contributed by atoms with van der Waals surface area (Å²) in [6.45, 7) is 0.708. The summed E-state index contributed by atoms with van der Waals surface area (Å²) in [5.74, 6) is -0.266. The molecule has 0 aromatic heterocycles. The van der Waals surface area contributed by atoms with Crippen molar-refractivity contribution in [1.82, 2.24) is 4.72 Å². The molecule has 31 heavy (non-hydrogen) atoms. The summed E-state index contributed by atoms with van der Waals surface area (Å²) in [6, 6.07) is 21.7. The van der Waals surface area contributed by atoms with Crippen molar-refractivity contribution in [2.45, 2.75) is 27.2 Å². The number of β-amino-alcohol motifs (C(OH)–C–C–N with tert-alkyl or cyclic N) is 1. The maximum atomic E-state index is 12.2. The Morgan fingerprint density at radius 1 is 0.935 bits per heavy atom. The molecular weight excluding hydrogens is 445 g/mol. The normalized spacial score (nSPS) is 14.0. The Bertz CT molecular complexity index is 986. The molecule has 0 fully saturated rings. The van der Waals surface area contributed by atoms with E-state index in [2.05, 4.69) is 26.5 Å². The number of fused-ring (bicyclic) bond motifs is 2. The molecule has 2 N–H and O–H groups in total. The molecule has 0 spiro atoms. The second-order valence-electron chi connectivity index (χ2n) is 6.77. The van der Waals surface area contributed by atoms with Gasteiger partial charge in [-0.15, -0.1) is 13.2 Å². The number of nitrogens with zero attached hydrogens (tertiary/aromatic N) is 1. The number of aliphatic hydroxyl groups excluding tert-OH is 1. The highest BCUT2D eigenvalue weighted by Gasteiger charge is 2.31. The number of ether oxygens (including phenoxy) is 1. The zero-order chi connectivity index (χ0) is 21.8. The predicted molar refractivity (Wildman–Crippen MR) is 117 cm³/mol. The monoisotopic (exact) mass is 464 g/mol. The molecule has 9 heteroatoms. The van der Waals surface area contributed by atoms with Gasteiger partial charge in [-0.2, -0.15) is 0 Å². The smallest absolute Gasteiger partial charge is 0.406 e. The van der Waals surface area contributed by atoms with E-state index in [-0.39, 0.29) is 5.75 Å². The van der Waals surface area contributed by atoms with Crippen LogP contribution in [0, 0.1) is 0 Å². The Morgan fingerprint density at radius 3 is 2.10 bits per heavy atom. The summed E-state index contributed by atoms with van der Waals surface area (Å²) in [5.41, 5.74) is 2.11. The lowest BCUT2D eigenvalue weighted by Gasteiger charge is -2.34. The van der Waals surface area contributed by atoms with Crippen LogP contribution < -0.4 is 14.4 Å². The average Bonchev–Trinajstić information content (AvgIpc) is 2.74. The highest BCUT2D eigenvalue weighted by Crippen LogP contribution is 2.47. The number of nitrogens with one attached hydrogen (secondary N) is 1. The molecule has 1 aliphatic heterocycles. The van der Waals surface area contributed by atoms with Crippen molar-refractivity contribution >= 4 is 35.1 Å². The molecule has 1 atom stereocenters. The molecule has 1 heterocycles. The highest BCUT2D eigenvalue weighted by atomic mass is 32.2. The molecule has 0 radical (unpaired) electrons. The molecule has 0 amide bonds.